The fourth-order valence-corrected chi connectivity index (χ4v) is 3.96. The molecule has 0 radical (unpaired) electrons. The van der Waals surface area contributed by atoms with Crippen LogP contribution in [0.4, 0.5) is 0 Å². The number of ether oxygens (including phenoxy) is 1. The summed E-state index contributed by atoms with van der Waals surface area (Å²) in [7, 11) is 2.33. The fraction of sp³-hybridized carbons (Fsp3) is 0.333. The zero-order valence-corrected chi connectivity index (χ0v) is 18.1. The summed E-state index contributed by atoms with van der Waals surface area (Å²) in [6.07, 6.45) is 2.69. The van der Waals surface area contributed by atoms with Crippen LogP contribution in [0, 0.1) is 0 Å². The standard InChI is InChI=1S/C21H23BBrNO5/c1-24(12-13-25)14-21(26)29-22(27-2)15-6-8-16(9-7-15)28-20-11-10-17-18(20)4-3-5-19(17)23/h3-9,13,20H,10-12,14H2,1-2H3. The van der Waals surface area contributed by atoms with Crippen molar-refractivity contribution in [2.45, 2.75) is 18.9 Å². The van der Waals surface area contributed by atoms with Crippen LogP contribution in [0.25, 0.3) is 0 Å². The molecular weight excluding hydrogens is 437 g/mol. The third kappa shape index (κ3) is 5.47. The molecule has 0 aliphatic heterocycles. The molecule has 6 nitrogen and oxygen atoms in total. The van der Waals surface area contributed by atoms with Gasteiger partial charge in [0.05, 0.1) is 13.1 Å². The Labute approximate surface area is 179 Å². The average molecular weight is 460 g/mol. The van der Waals surface area contributed by atoms with Gasteiger partial charge in [-0.3, -0.25) is 9.69 Å². The van der Waals surface area contributed by atoms with Gasteiger partial charge in [-0.1, -0.05) is 40.2 Å². The second-order valence-electron chi connectivity index (χ2n) is 6.94. The van der Waals surface area contributed by atoms with E-state index in [2.05, 4.69) is 28.1 Å². The lowest BCUT2D eigenvalue weighted by Crippen LogP contribution is -2.40. The van der Waals surface area contributed by atoms with Crippen molar-refractivity contribution >= 4 is 40.8 Å². The molecule has 29 heavy (non-hydrogen) atoms. The third-order valence-electron chi connectivity index (χ3n) is 4.83. The lowest BCUT2D eigenvalue weighted by molar-refractivity contribution is -0.136. The van der Waals surface area contributed by atoms with Crippen molar-refractivity contribution < 1.29 is 23.6 Å². The van der Waals surface area contributed by atoms with Gasteiger partial charge in [0.25, 0.3) is 0 Å². The Kier molecular flexibility index (Phi) is 7.47. The summed E-state index contributed by atoms with van der Waals surface area (Å²) in [5, 5.41) is 0. The zero-order chi connectivity index (χ0) is 20.8. The van der Waals surface area contributed by atoms with Crippen molar-refractivity contribution in [3.05, 3.63) is 58.1 Å². The van der Waals surface area contributed by atoms with Crippen molar-refractivity contribution in [2.75, 3.05) is 27.2 Å². The molecule has 0 bridgehead atoms. The summed E-state index contributed by atoms with van der Waals surface area (Å²) in [5.41, 5.74) is 3.23. The smallest absolute Gasteiger partial charge is 0.505 e. The van der Waals surface area contributed by atoms with E-state index in [9.17, 15) is 9.59 Å². The predicted molar refractivity (Wildman–Crippen MR) is 114 cm³/mol. The lowest BCUT2D eigenvalue weighted by atomic mass is 9.79. The molecule has 1 aliphatic rings. The first-order chi connectivity index (χ1) is 14.0. The molecule has 0 aromatic heterocycles. The molecule has 3 rings (SSSR count). The Morgan fingerprint density at radius 1 is 1.28 bits per heavy atom. The minimum atomic E-state index is -0.815. The number of hydrogen-bond acceptors (Lipinski definition) is 6. The molecule has 8 heteroatoms. The zero-order valence-electron chi connectivity index (χ0n) is 16.5. The Hall–Kier alpha value is -2.16. The first-order valence-corrected chi connectivity index (χ1v) is 10.2. The normalized spacial score (nSPS) is 15.1. The van der Waals surface area contributed by atoms with Gasteiger partial charge in [0, 0.05) is 11.6 Å². The monoisotopic (exact) mass is 459 g/mol. The second kappa shape index (κ2) is 10.0. The van der Waals surface area contributed by atoms with Gasteiger partial charge >= 0.3 is 13.1 Å². The van der Waals surface area contributed by atoms with Crippen LogP contribution in [0.1, 0.15) is 23.7 Å². The van der Waals surface area contributed by atoms with E-state index in [1.807, 2.05) is 30.3 Å². The summed E-state index contributed by atoms with van der Waals surface area (Å²) >= 11 is 3.61. The maximum absolute atomic E-state index is 12.0. The van der Waals surface area contributed by atoms with E-state index >= 15 is 0 Å². The molecular formula is C21H23BBrNO5. The maximum Gasteiger partial charge on any atom is 0.564 e. The molecule has 2 aromatic carbocycles. The van der Waals surface area contributed by atoms with E-state index in [0.717, 1.165) is 29.4 Å². The molecule has 152 valence electrons. The summed E-state index contributed by atoms with van der Waals surface area (Å²) in [4.78, 5) is 24.1. The topological polar surface area (TPSA) is 65.1 Å². The van der Waals surface area contributed by atoms with Gasteiger partial charge < -0.3 is 18.8 Å². The minimum absolute atomic E-state index is 0.0104. The van der Waals surface area contributed by atoms with Gasteiger partial charge in [-0.05, 0) is 54.7 Å². The Morgan fingerprint density at radius 3 is 2.72 bits per heavy atom. The number of nitrogens with zero attached hydrogens (tertiary/aromatic N) is 1. The van der Waals surface area contributed by atoms with Crippen LogP contribution in [0.5, 0.6) is 5.75 Å². The van der Waals surface area contributed by atoms with Gasteiger partial charge in [0.1, 0.15) is 18.1 Å². The quantitative estimate of drug-likeness (QED) is 0.424. The van der Waals surface area contributed by atoms with Crippen LogP contribution in [-0.2, 0) is 25.3 Å². The van der Waals surface area contributed by atoms with Gasteiger partial charge in [-0.25, -0.2) is 0 Å². The van der Waals surface area contributed by atoms with Crippen LogP contribution in [0.3, 0.4) is 0 Å². The molecule has 0 saturated carbocycles. The van der Waals surface area contributed by atoms with E-state index in [4.69, 9.17) is 14.0 Å². The number of halogens is 1. The number of likely N-dealkylation sites (N-methyl/N-ethyl adjacent to an activating group) is 1. The van der Waals surface area contributed by atoms with Crippen LogP contribution >= 0.6 is 15.9 Å². The van der Waals surface area contributed by atoms with Gasteiger partial charge in [0.2, 0.25) is 0 Å². The number of aldehydes is 1. The Bertz CT molecular complexity index is 861. The molecule has 0 spiro atoms. The van der Waals surface area contributed by atoms with Gasteiger partial charge in [-0.15, -0.1) is 0 Å². The minimum Gasteiger partial charge on any atom is -0.505 e. The van der Waals surface area contributed by atoms with E-state index in [-0.39, 0.29) is 19.2 Å². The van der Waals surface area contributed by atoms with Crippen molar-refractivity contribution in [3.8, 4) is 5.75 Å². The highest BCUT2D eigenvalue weighted by atomic mass is 79.9. The van der Waals surface area contributed by atoms with Crippen molar-refractivity contribution in [1.29, 1.82) is 0 Å². The molecule has 0 amide bonds. The third-order valence-corrected chi connectivity index (χ3v) is 5.57. The summed E-state index contributed by atoms with van der Waals surface area (Å²) < 4.78 is 18.0. The lowest BCUT2D eigenvalue weighted by Gasteiger charge is -2.17. The van der Waals surface area contributed by atoms with Crippen LogP contribution < -0.4 is 10.2 Å². The summed E-state index contributed by atoms with van der Waals surface area (Å²) in [6, 6.07) is 13.5. The van der Waals surface area contributed by atoms with E-state index in [1.165, 1.54) is 18.2 Å². The van der Waals surface area contributed by atoms with Crippen molar-refractivity contribution in [3.63, 3.8) is 0 Å². The number of fused-ring (bicyclic) bond motifs is 1. The molecule has 0 saturated heterocycles. The molecule has 1 atom stereocenters. The highest BCUT2D eigenvalue weighted by molar-refractivity contribution is 9.10. The van der Waals surface area contributed by atoms with Gasteiger partial charge in [0.15, 0.2) is 0 Å². The molecule has 0 N–H and O–H groups in total. The summed E-state index contributed by atoms with van der Waals surface area (Å²) in [5.74, 6) is 0.285. The Morgan fingerprint density at radius 2 is 2.03 bits per heavy atom. The number of carbonyl (C=O) groups excluding carboxylic acids is 2. The molecule has 0 fully saturated rings. The van der Waals surface area contributed by atoms with Gasteiger partial charge in [-0.2, -0.15) is 0 Å². The first-order valence-electron chi connectivity index (χ1n) is 9.40. The van der Waals surface area contributed by atoms with E-state index in [1.54, 1.807) is 11.9 Å². The molecule has 1 aliphatic carbocycles. The number of hydrogen-bond donors (Lipinski definition) is 0. The first kappa shape index (κ1) is 21.6. The highest BCUT2D eigenvalue weighted by Crippen LogP contribution is 2.38. The Balaban J connectivity index is 1.61. The molecule has 1 unspecified atom stereocenters. The van der Waals surface area contributed by atoms with Crippen LogP contribution in [0.15, 0.2) is 46.9 Å². The molecule has 2 aromatic rings. The van der Waals surface area contributed by atoms with Crippen LogP contribution in [-0.4, -0.2) is 51.5 Å². The number of carbonyl (C=O) groups is 2. The fourth-order valence-electron chi connectivity index (χ4n) is 3.38. The highest BCUT2D eigenvalue weighted by Gasteiger charge is 2.27. The predicted octanol–water partition coefficient (Wildman–Crippen LogP) is 2.53. The summed E-state index contributed by atoms with van der Waals surface area (Å²) in [6.45, 7) is 0.177. The number of benzene rings is 2. The number of rotatable bonds is 9. The van der Waals surface area contributed by atoms with Crippen molar-refractivity contribution in [1.82, 2.24) is 4.90 Å². The van der Waals surface area contributed by atoms with Crippen molar-refractivity contribution in [2.24, 2.45) is 0 Å². The van der Waals surface area contributed by atoms with Crippen LogP contribution in [0.2, 0.25) is 0 Å². The largest absolute Gasteiger partial charge is 0.564 e. The SMILES string of the molecule is COB(OC(=O)CN(C)CC=O)c1ccc(OC2CCc3c(Br)cccc32)cc1. The van der Waals surface area contributed by atoms with E-state index < -0.39 is 13.1 Å². The average Bonchev–Trinajstić information content (AvgIpc) is 3.11. The van der Waals surface area contributed by atoms with E-state index in [0.29, 0.717) is 5.46 Å². The maximum atomic E-state index is 12.0. The molecule has 0 heterocycles. The second-order valence-corrected chi connectivity index (χ2v) is 7.80.